The number of rotatable bonds is 3. The molecule has 18 heavy (non-hydrogen) atoms. The number of halogens is 1. The van der Waals surface area contributed by atoms with E-state index >= 15 is 0 Å². The van der Waals surface area contributed by atoms with Crippen molar-refractivity contribution < 1.29 is 14.4 Å². The van der Waals surface area contributed by atoms with Crippen LogP contribution in [0.3, 0.4) is 0 Å². The van der Waals surface area contributed by atoms with Crippen LogP contribution in [0.5, 0.6) is 0 Å². The molecule has 92 valence electrons. The van der Waals surface area contributed by atoms with Gasteiger partial charge in [0.15, 0.2) is 5.78 Å². The SMILES string of the molecule is O=C1CN(CC(=O)c2ccc(Cl)cc2)C(=O)C=N1. The van der Waals surface area contributed by atoms with E-state index in [0.717, 1.165) is 11.1 Å². The maximum atomic E-state index is 11.9. The van der Waals surface area contributed by atoms with Gasteiger partial charge < -0.3 is 4.90 Å². The maximum Gasteiger partial charge on any atom is 0.266 e. The number of hydrogen-bond donors (Lipinski definition) is 0. The van der Waals surface area contributed by atoms with Crippen molar-refractivity contribution in [2.24, 2.45) is 4.99 Å². The fourth-order valence-corrected chi connectivity index (χ4v) is 1.65. The Morgan fingerprint density at radius 3 is 2.61 bits per heavy atom. The molecule has 1 heterocycles. The molecule has 6 heteroatoms. The van der Waals surface area contributed by atoms with Gasteiger partial charge in [-0.15, -0.1) is 0 Å². The van der Waals surface area contributed by atoms with E-state index in [0.29, 0.717) is 10.6 Å². The number of nitrogens with zero attached hydrogens (tertiary/aromatic N) is 2. The predicted octanol–water partition coefficient (Wildman–Crippen LogP) is 0.962. The summed E-state index contributed by atoms with van der Waals surface area (Å²) in [5.41, 5.74) is 0.446. The number of Topliss-reactive ketones (excluding diaryl/α,β-unsaturated/α-hetero) is 1. The van der Waals surface area contributed by atoms with E-state index in [1.54, 1.807) is 24.3 Å². The Hall–Kier alpha value is -2.01. The Morgan fingerprint density at radius 2 is 1.94 bits per heavy atom. The zero-order valence-corrected chi connectivity index (χ0v) is 10.1. The molecule has 1 aliphatic rings. The number of carbonyl (C=O) groups excluding carboxylic acids is 3. The van der Waals surface area contributed by atoms with Crippen LogP contribution in [0, 0.1) is 0 Å². The molecular formula is C12H9ClN2O3. The van der Waals surface area contributed by atoms with Gasteiger partial charge in [-0.25, -0.2) is 4.99 Å². The van der Waals surface area contributed by atoms with Gasteiger partial charge in [-0.2, -0.15) is 0 Å². The Labute approximate surface area is 108 Å². The summed E-state index contributed by atoms with van der Waals surface area (Å²) < 4.78 is 0. The van der Waals surface area contributed by atoms with E-state index in [9.17, 15) is 14.4 Å². The summed E-state index contributed by atoms with van der Waals surface area (Å²) in [6, 6.07) is 6.35. The van der Waals surface area contributed by atoms with E-state index in [2.05, 4.69) is 4.99 Å². The minimum absolute atomic E-state index is 0.141. The molecule has 0 saturated carbocycles. The van der Waals surface area contributed by atoms with Gasteiger partial charge in [-0.3, -0.25) is 14.4 Å². The van der Waals surface area contributed by atoms with Gasteiger partial charge in [0.25, 0.3) is 11.8 Å². The summed E-state index contributed by atoms with van der Waals surface area (Å²) in [5.74, 6) is -1.11. The topological polar surface area (TPSA) is 66.8 Å². The molecular weight excluding hydrogens is 256 g/mol. The van der Waals surface area contributed by atoms with Crippen molar-refractivity contribution in [3.05, 3.63) is 34.9 Å². The third-order valence-electron chi connectivity index (χ3n) is 2.46. The zero-order valence-electron chi connectivity index (χ0n) is 9.30. The summed E-state index contributed by atoms with van der Waals surface area (Å²) in [6.07, 6.45) is 0.932. The average Bonchev–Trinajstić information content (AvgIpc) is 2.34. The van der Waals surface area contributed by atoms with E-state index in [4.69, 9.17) is 11.6 Å². The second-order valence-corrected chi connectivity index (χ2v) is 4.21. The molecule has 2 rings (SSSR count). The van der Waals surface area contributed by atoms with Crippen molar-refractivity contribution in [2.75, 3.05) is 13.1 Å². The second kappa shape index (κ2) is 5.10. The average molecular weight is 265 g/mol. The van der Waals surface area contributed by atoms with Crippen molar-refractivity contribution >= 4 is 35.4 Å². The van der Waals surface area contributed by atoms with Gasteiger partial charge in [0.05, 0.1) is 12.8 Å². The smallest absolute Gasteiger partial charge is 0.266 e. The number of ketones is 1. The molecule has 2 amide bonds. The van der Waals surface area contributed by atoms with Crippen LogP contribution in [0.2, 0.25) is 5.02 Å². The maximum absolute atomic E-state index is 11.9. The van der Waals surface area contributed by atoms with Crippen molar-refractivity contribution in [1.82, 2.24) is 4.90 Å². The van der Waals surface area contributed by atoms with Gasteiger partial charge in [-0.05, 0) is 24.3 Å². The molecule has 0 aromatic heterocycles. The molecule has 0 unspecified atom stereocenters. The molecule has 1 aliphatic heterocycles. The number of aliphatic imine (C=N–C) groups is 1. The molecule has 0 fully saturated rings. The van der Waals surface area contributed by atoms with Crippen molar-refractivity contribution in [3.63, 3.8) is 0 Å². The van der Waals surface area contributed by atoms with Crippen molar-refractivity contribution in [3.8, 4) is 0 Å². The summed E-state index contributed by atoms with van der Waals surface area (Å²) in [4.78, 5) is 38.9. The lowest BCUT2D eigenvalue weighted by molar-refractivity contribution is -0.130. The molecule has 0 radical (unpaired) electrons. The highest BCUT2D eigenvalue weighted by molar-refractivity contribution is 6.31. The van der Waals surface area contributed by atoms with Crippen LogP contribution >= 0.6 is 11.6 Å². The lowest BCUT2D eigenvalue weighted by atomic mass is 10.1. The third kappa shape index (κ3) is 2.81. The first kappa shape index (κ1) is 12.4. The molecule has 1 aromatic carbocycles. The van der Waals surface area contributed by atoms with Crippen LogP contribution in [0.1, 0.15) is 10.4 Å². The third-order valence-corrected chi connectivity index (χ3v) is 2.71. The highest BCUT2D eigenvalue weighted by Gasteiger charge is 2.22. The quantitative estimate of drug-likeness (QED) is 0.764. The Balaban J connectivity index is 2.08. The van der Waals surface area contributed by atoms with Crippen LogP contribution in [-0.4, -0.2) is 41.8 Å². The van der Waals surface area contributed by atoms with Gasteiger partial charge in [0.1, 0.15) is 6.54 Å². The lowest BCUT2D eigenvalue weighted by Gasteiger charge is -2.20. The summed E-state index contributed by atoms with van der Waals surface area (Å²) >= 11 is 5.71. The Morgan fingerprint density at radius 1 is 1.28 bits per heavy atom. The number of amides is 2. The first-order valence-corrected chi connectivity index (χ1v) is 5.58. The zero-order chi connectivity index (χ0) is 13.1. The normalized spacial score (nSPS) is 15.1. The molecule has 1 aromatic rings. The van der Waals surface area contributed by atoms with Crippen LogP contribution in [-0.2, 0) is 9.59 Å². The number of carbonyl (C=O) groups is 3. The van der Waals surface area contributed by atoms with Crippen LogP contribution in [0.15, 0.2) is 29.3 Å². The predicted molar refractivity (Wildman–Crippen MR) is 65.9 cm³/mol. The van der Waals surface area contributed by atoms with Gasteiger partial charge >= 0.3 is 0 Å². The van der Waals surface area contributed by atoms with E-state index in [-0.39, 0.29) is 18.9 Å². The highest BCUT2D eigenvalue weighted by Crippen LogP contribution is 2.10. The standard InChI is InChI=1S/C12H9ClN2O3/c13-9-3-1-8(2-4-9)10(16)6-15-7-11(17)14-5-12(15)18/h1-5H,6-7H2. The van der Waals surface area contributed by atoms with Crippen LogP contribution in [0.4, 0.5) is 0 Å². The van der Waals surface area contributed by atoms with E-state index in [1.165, 1.54) is 0 Å². The minimum Gasteiger partial charge on any atom is -0.321 e. The van der Waals surface area contributed by atoms with Crippen LogP contribution < -0.4 is 0 Å². The monoisotopic (exact) mass is 264 g/mol. The minimum atomic E-state index is -0.433. The first-order valence-electron chi connectivity index (χ1n) is 5.21. The summed E-state index contributed by atoms with van der Waals surface area (Å²) in [5, 5.41) is 0.530. The molecule has 0 aliphatic carbocycles. The highest BCUT2D eigenvalue weighted by atomic mass is 35.5. The molecule has 0 saturated heterocycles. The van der Waals surface area contributed by atoms with E-state index in [1.807, 2.05) is 0 Å². The lowest BCUT2D eigenvalue weighted by Crippen LogP contribution is -2.42. The number of hydrogen-bond acceptors (Lipinski definition) is 3. The Bertz CT molecular complexity index is 537. The summed E-state index contributed by atoms with van der Waals surface area (Å²) in [7, 11) is 0. The fraction of sp³-hybridized carbons (Fsp3) is 0.167. The van der Waals surface area contributed by atoms with Crippen molar-refractivity contribution in [2.45, 2.75) is 0 Å². The van der Waals surface area contributed by atoms with E-state index < -0.39 is 11.8 Å². The van der Waals surface area contributed by atoms with Crippen LogP contribution in [0.25, 0.3) is 0 Å². The van der Waals surface area contributed by atoms with Gasteiger partial charge in [0.2, 0.25) is 0 Å². The summed E-state index contributed by atoms with van der Waals surface area (Å²) in [6.45, 7) is -0.299. The fourth-order valence-electron chi connectivity index (χ4n) is 1.53. The second-order valence-electron chi connectivity index (χ2n) is 3.78. The molecule has 0 N–H and O–H groups in total. The molecule has 0 spiro atoms. The van der Waals surface area contributed by atoms with Gasteiger partial charge in [0, 0.05) is 10.6 Å². The molecule has 0 atom stereocenters. The first-order chi connectivity index (χ1) is 8.56. The molecule has 5 nitrogen and oxygen atoms in total. The van der Waals surface area contributed by atoms with Crippen molar-refractivity contribution in [1.29, 1.82) is 0 Å². The molecule has 0 bridgehead atoms. The largest absolute Gasteiger partial charge is 0.321 e. The van der Waals surface area contributed by atoms with Gasteiger partial charge in [-0.1, -0.05) is 11.6 Å². The Kier molecular flexibility index (Phi) is 3.53. The number of benzene rings is 1.